The first kappa shape index (κ1) is 15.8. The fourth-order valence-electron chi connectivity index (χ4n) is 3.01. The van der Waals surface area contributed by atoms with Gasteiger partial charge in [0, 0.05) is 24.2 Å². The van der Waals surface area contributed by atoms with E-state index in [1.165, 1.54) is 12.8 Å². The normalized spacial score (nSPS) is 21.6. The fourth-order valence-corrected chi connectivity index (χ4v) is 3.27. The van der Waals surface area contributed by atoms with Crippen LogP contribution in [0.25, 0.3) is 0 Å². The molecule has 1 heterocycles. The van der Waals surface area contributed by atoms with Gasteiger partial charge in [0.25, 0.3) is 0 Å². The molecule has 1 aliphatic heterocycles. The molecule has 1 aromatic carbocycles. The molecule has 1 N–H and O–H groups in total. The molecule has 4 heteroatoms. The number of likely N-dealkylation sites (tertiary alicyclic amines) is 1. The summed E-state index contributed by atoms with van der Waals surface area (Å²) in [7, 11) is 4.24. The zero-order valence-corrected chi connectivity index (χ0v) is 13.2. The molecule has 0 spiro atoms. The van der Waals surface area contributed by atoms with Crippen molar-refractivity contribution < 1.29 is 5.11 Å². The van der Waals surface area contributed by atoms with Crippen LogP contribution < -0.4 is 0 Å². The predicted octanol–water partition coefficient (Wildman–Crippen LogP) is 2.79. The van der Waals surface area contributed by atoms with Gasteiger partial charge in [0.2, 0.25) is 0 Å². The van der Waals surface area contributed by atoms with Gasteiger partial charge in [-0.05, 0) is 51.5 Å². The third-order valence-corrected chi connectivity index (χ3v) is 4.37. The lowest BCUT2D eigenvalue weighted by atomic mass is 10.1. The number of halogens is 1. The quantitative estimate of drug-likeness (QED) is 0.874. The van der Waals surface area contributed by atoms with Crippen LogP contribution in [0, 0.1) is 0 Å². The fraction of sp³-hybridized carbons (Fsp3) is 0.625. The van der Waals surface area contributed by atoms with Gasteiger partial charge < -0.3 is 10.0 Å². The molecule has 3 nitrogen and oxygen atoms in total. The highest BCUT2D eigenvalue weighted by Gasteiger charge is 2.25. The van der Waals surface area contributed by atoms with Gasteiger partial charge in [-0.25, -0.2) is 0 Å². The molecular weight excluding hydrogens is 272 g/mol. The summed E-state index contributed by atoms with van der Waals surface area (Å²) in [5, 5.41) is 11.0. The van der Waals surface area contributed by atoms with E-state index in [-0.39, 0.29) is 0 Å². The molecule has 0 bridgehead atoms. The van der Waals surface area contributed by atoms with Gasteiger partial charge in [0.05, 0.1) is 6.10 Å². The highest BCUT2D eigenvalue weighted by Crippen LogP contribution is 2.26. The smallest absolute Gasteiger partial charge is 0.0816 e. The number of hydrogen-bond donors (Lipinski definition) is 1. The Bertz CT molecular complexity index is 425. The van der Waals surface area contributed by atoms with Crippen LogP contribution in [0.4, 0.5) is 0 Å². The second-order valence-electron chi connectivity index (χ2n) is 5.92. The Morgan fingerprint density at radius 1 is 1.40 bits per heavy atom. The third kappa shape index (κ3) is 4.19. The predicted molar refractivity (Wildman–Crippen MR) is 84.2 cm³/mol. The average Bonchev–Trinajstić information content (AvgIpc) is 2.83. The number of nitrogens with zero attached hydrogens (tertiary/aromatic N) is 2. The highest BCUT2D eigenvalue weighted by atomic mass is 35.5. The molecular formula is C16H25ClN2O. The van der Waals surface area contributed by atoms with Gasteiger partial charge in [-0.15, -0.1) is 0 Å². The minimum absolute atomic E-state index is 0.468. The zero-order valence-electron chi connectivity index (χ0n) is 12.4. The Balaban J connectivity index is 1.87. The second kappa shape index (κ2) is 7.41. The van der Waals surface area contributed by atoms with Crippen LogP contribution in [0.1, 0.15) is 30.9 Å². The van der Waals surface area contributed by atoms with E-state index in [4.69, 9.17) is 11.6 Å². The average molecular weight is 297 g/mol. The van der Waals surface area contributed by atoms with Crippen LogP contribution in [-0.2, 0) is 0 Å². The first-order chi connectivity index (χ1) is 9.58. The van der Waals surface area contributed by atoms with E-state index in [0.717, 1.165) is 31.6 Å². The Kier molecular flexibility index (Phi) is 5.85. The standard InChI is InChI=1S/C16H25ClN2O/c1-18(2)12-13-6-5-10-19(13)11-9-16(20)14-7-3-4-8-15(14)17/h3-4,7-8,13,16,20H,5-6,9-12H2,1-2H3. The minimum Gasteiger partial charge on any atom is -0.388 e. The number of rotatable bonds is 6. The summed E-state index contributed by atoms with van der Waals surface area (Å²) in [4.78, 5) is 4.74. The monoisotopic (exact) mass is 296 g/mol. The lowest BCUT2D eigenvalue weighted by molar-refractivity contribution is 0.131. The molecule has 0 aliphatic carbocycles. The van der Waals surface area contributed by atoms with E-state index in [9.17, 15) is 5.11 Å². The van der Waals surface area contributed by atoms with Crippen LogP contribution in [0.5, 0.6) is 0 Å². The molecule has 2 rings (SSSR count). The molecule has 0 amide bonds. The SMILES string of the molecule is CN(C)CC1CCCN1CCC(O)c1ccccc1Cl. The maximum absolute atomic E-state index is 10.3. The first-order valence-corrected chi connectivity index (χ1v) is 7.77. The van der Waals surface area contributed by atoms with Crippen LogP contribution >= 0.6 is 11.6 Å². The van der Waals surface area contributed by atoms with E-state index < -0.39 is 6.10 Å². The van der Waals surface area contributed by atoms with Crippen molar-refractivity contribution in [1.82, 2.24) is 9.80 Å². The summed E-state index contributed by atoms with van der Waals surface area (Å²) >= 11 is 6.13. The second-order valence-corrected chi connectivity index (χ2v) is 6.33. The largest absolute Gasteiger partial charge is 0.388 e. The Morgan fingerprint density at radius 2 is 2.15 bits per heavy atom. The van der Waals surface area contributed by atoms with Crippen molar-refractivity contribution in [2.75, 3.05) is 33.7 Å². The van der Waals surface area contributed by atoms with E-state index >= 15 is 0 Å². The van der Waals surface area contributed by atoms with E-state index in [1.807, 2.05) is 24.3 Å². The minimum atomic E-state index is -0.468. The van der Waals surface area contributed by atoms with Crippen LogP contribution in [-0.4, -0.2) is 54.7 Å². The highest BCUT2D eigenvalue weighted by molar-refractivity contribution is 6.31. The van der Waals surface area contributed by atoms with Gasteiger partial charge in [0.15, 0.2) is 0 Å². The summed E-state index contributed by atoms with van der Waals surface area (Å²) in [5.74, 6) is 0. The van der Waals surface area contributed by atoms with Crippen molar-refractivity contribution in [3.63, 3.8) is 0 Å². The maximum atomic E-state index is 10.3. The lowest BCUT2D eigenvalue weighted by Crippen LogP contribution is -2.38. The topological polar surface area (TPSA) is 26.7 Å². The Labute approximate surface area is 127 Å². The number of benzene rings is 1. The first-order valence-electron chi connectivity index (χ1n) is 7.39. The van der Waals surface area contributed by atoms with Gasteiger partial charge >= 0.3 is 0 Å². The summed E-state index contributed by atoms with van der Waals surface area (Å²) < 4.78 is 0. The van der Waals surface area contributed by atoms with Gasteiger partial charge in [-0.2, -0.15) is 0 Å². The molecule has 0 saturated carbocycles. The molecule has 1 fully saturated rings. The van der Waals surface area contributed by atoms with Crippen molar-refractivity contribution in [1.29, 1.82) is 0 Å². The third-order valence-electron chi connectivity index (χ3n) is 4.03. The Morgan fingerprint density at radius 3 is 2.85 bits per heavy atom. The zero-order chi connectivity index (χ0) is 14.5. The summed E-state index contributed by atoms with van der Waals surface area (Å²) in [5.41, 5.74) is 0.845. The van der Waals surface area contributed by atoms with Gasteiger partial charge in [-0.1, -0.05) is 29.8 Å². The summed E-state index contributed by atoms with van der Waals surface area (Å²) in [6, 6.07) is 8.20. The van der Waals surface area contributed by atoms with Crippen molar-refractivity contribution in [2.45, 2.75) is 31.4 Å². The molecule has 1 aliphatic rings. The molecule has 2 atom stereocenters. The van der Waals surface area contributed by atoms with E-state index in [0.29, 0.717) is 11.1 Å². The lowest BCUT2D eigenvalue weighted by Gasteiger charge is -2.27. The maximum Gasteiger partial charge on any atom is 0.0816 e. The van der Waals surface area contributed by atoms with E-state index in [1.54, 1.807) is 0 Å². The van der Waals surface area contributed by atoms with Crippen molar-refractivity contribution >= 4 is 11.6 Å². The molecule has 2 unspecified atom stereocenters. The molecule has 0 radical (unpaired) electrons. The number of aliphatic hydroxyl groups is 1. The van der Waals surface area contributed by atoms with Crippen molar-refractivity contribution in [2.24, 2.45) is 0 Å². The molecule has 20 heavy (non-hydrogen) atoms. The number of likely N-dealkylation sites (N-methyl/N-ethyl adjacent to an activating group) is 1. The number of hydrogen-bond acceptors (Lipinski definition) is 3. The van der Waals surface area contributed by atoms with Crippen LogP contribution in [0.2, 0.25) is 5.02 Å². The molecule has 0 aromatic heterocycles. The summed E-state index contributed by atoms with van der Waals surface area (Å²) in [6.45, 7) is 3.18. The molecule has 1 aromatic rings. The van der Waals surface area contributed by atoms with Crippen LogP contribution in [0.3, 0.4) is 0 Å². The number of aliphatic hydroxyl groups excluding tert-OH is 1. The van der Waals surface area contributed by atoms with Gasteiger partial charge in [0.1, 0.15) is 0 Å². The van der Waals surface area contributed by atoms with E-state index in [2.05, 4.69) is 23.9 Å². The molecule has 112 valence electrons. The van der Waals surface area contributed by atoms with Crippen molar-refractivity contribution in [3.05, 3.63) is 34.9 Å². The molecule has 1 saturated heterocycles. The van der Waals surface area contributed by atoms with Crippen molar-refractivity contribution in [3.8, 4) is 0 Å². The van der Waals surface area contributed by atoms with Gasteiger partial charge in [-0.3, -0.25) is 4.90 Å². The summed E-state index contributed by atoms with van der Waals surface area (Å²) in [6.07, 6.45) is 2.80. The van der Waals surface area contributed by atoms with Crippen LogP contribution in [0.15, 0.2) is 24.3 Å². The Hall–Kier alpha value is -0.610.